The van der Waals surface area contributed by atoms with Crippen molar-refractivity contribution in [3.8, 4) is 5.75 Å². The fourth-order valence-electron chi connectivity index (χ4n) is 2.73. The lowest BCUT2D eigenvalue weighted by Crippen LogP contribution is -2.25. The number of methoxy groups -OCH3 is 1. The van der Waals surface area contributed by atoms with E-state index < -0.39 is 15.8 Å². The quantitative estimate of drug-likeness (QED) is 0.768. The second kappa shape index (κ2) is 7.24. The van der Waals surface area contributed by atoms with Gasteiger partial charge in [-0.15, -0.1) is 0 Å². The summed E-state index contributed by atoms with van der Waals surface area (Å²) >= 11 is 3.12. The van der Waals surface area contributed by atoms with Crippen molar-refractivity contribution in [2.24, 2.45) is 0 Å². The average molecular weight is 443 g/mol. The maximum atomic E-state index is 14.0. The van der Waals surface area contributed by atoms with Crippen LogP contribution in [-0.2, 0) is 14.8 Å². The van der Waals surface area contributed by atoms with Gasteiger partial charge in [0.2, 0.25) is 5.91 Å². The molecule has 0 bridgehead atoms. The third-order valence-electron chi connectivity index (χ3n) is 4.00. The Morgan fingerprint density at radius 2 is 2.00 bits per heavy atom. The van der Waals surface area contributed by atoms with Crippen LogP contribution >= 0.6 is 15.9 Å². The highest BCUT2D eigenvalue weighted by Crippen LogP contribution is 2.34. The summed E-state index contributed by atoms with van der Waals surface area (Å²) in [6.07, 6.45) is 1.10. The molecular weight excluding hydrogens is 427 g/mol. The Labute approximate surface area is 159 Å². The van der Waals surface area contributed by atoms with E-state index in [1.54, 1.807) is 0 Å². The number of hydrogen-bond acceptors (Lipinski definition) is 4. The van der Waals surface area contributed by atoms with Gasteiger partial charge in [0.1, 0.15) is 11.6 Å². The van der Waals surface area contributed by atoms with E-state index in [9.17, 15) is 17.6 Å². The van der Waals surface area contributed by atoms with Gasteiger partial charge in [0.15, 0.2) is 0 Å². The van der Waals surface area contributed by atoms with E-state index in [1.165, 1.54) is 48.4 Å². The SMILES string of the molecule is COc1ccc(S(=O)(=O)Nc2ccc(Br)cc2F)cc1N1CCCC1=O. The summed E-state index contributed by atoms with van der Waals surface area (Å²) in [6.45, 7) is 0.494. The predicted octanol–water partition coefficient (Wildman–Crippen LogP) is 3.52. The second-order valence-corrected chi connectivity index (χ2v) is 8.31. The molecule has 3 rings (SSSR count). The van der Waals surface area contributed by atoms with Gasteiger partial charge in [-0.2, -0.15) is 0 Å². The molecule has 1 aliphatic heterocycles. The fourth-order valence-corrected chi connectivity index (χ4v) is 4.15. The highest BCUT2D eigenvalue weighted by atomic mass is 79.9. The van der Waals surface area contributed by atoms with Gasteiger partial charge in [-0.1, -0.05) is 15.9 Å². The molecule has 1 saturated heterocycles. The van der Waals surface area contributed by atoms with E-state index in [0.717, 1.165) is 0 Å². The van der Waals surface area contributed by atoms with E-state index in [2.05, 4.69) is 20.7 Å². The summed E-state index contributed by atoms with van der Waals surface area (Å²) in [7, 11) is -2.59. The van der Waals surface area contributed by atoms with Crippen LogP contribution in [0, 0.1) is 5.82 Å². The molecule has 6 nitrogen and oxygen atoms in total. The van der Waals surface area contributed by atoms with Gasteiger partial charge in [-0.25, -0.2) is 12.8 Å². The maximum absolute atomic E-state index is 14.0. The van der Waals surface area contributed by atoms with Crippen LogP contribution in [0.5, 0.6) is 5.75 Å². The Morgan fingerprint density at radius 1 is 1.23 bits per heavy atom. The molecule has 0 unspecified atom stereocenters. The Balaban J connectivity index is 1.98. The summed E-state index contributed by atoms with van der Waals surface area (Å²) in [5.41, 5.74) is 0.219. The number of sulfonamides is 1. The molecule has 0 aromatic heterocycles. The number of ether oxygens (including phenoxy) is 1. The molecule has 1 heterocycles. The number of halogens is 2. The van der Waals surface area contributed by atoms with Gasteiger partial charge in [-0.05, 0) is 42.8 Å². The predicted molar refractivity (Wildman–Crippen MR) is 99.5 cm³/mol. The van der Waals surface area contributed by atoms with E-state index in [0.29, 0.717) is 35.3 Å². The molecule has 1 amide bonds. The molecule has 1 N–H and O–H groups in total. The first kappa shape index (κ1) is 18.7. The van der Waals surface area contributed by atoms with Gasteiger partial charge < -0.3 is 9.64 Å². The number of nitrogens with zero attached hydrogens (tertiary/aromatic N) is 1. The minimum absolute atomic E-state index is 0.0877. The monoisotopic (exact) mass is 442 g/mol. The topological polar surface area (TPSA) is 75.7 Å². The molecule has 9 heteroatoms. The molecule has 2 aromatic carbocycles. The molecule has 1 fully saturated rings. The fraction of sp³-hybridized carbons (Fsp3) is 0.235. The van der Waals surface area contributed by atoms with Crippen molar-refractivity contribution >= 4 is 43.2 Å². The van der Waals surface area contributed by atoms with Crippen molar-refractivity contribution in [2.45, 2.75) is 17.7 Å². The lowest BCUT2D eigenvalue weighted by Gasteiger charge is -2.20. The van der Waals surface area contributed by atoms with Crippen molar-refractivity contribution in [1.82, 2.24) is 0 Å². The van der Waals surface area contributed by atoms with Gasteiger partial charge in [0, 0.05) is 17.4 Å². The Kier molecular flexibility index (Phi) is 5.19. The lowest BCUT2D eigenvalue weighted by atomic mass is 10.2. The normalized spacial score (nSPS) is 14.6. The smallest absolute Gasteiger partial charge is 0.262 e. The summed E-state index contributed by atoms with van der Waals surface area (Å²) in [4.78, 5) is 13.4. The van der Waals surface area contributed by atoms with Crippen molar-refractivity contribution in [1.29, 1.82) is 0 Å². The highest BCUT2D eigenvalue weighted by molar-refractivity contribution is 9.10. The molecule has 0 radical (unpaired) electrons. The number of nitrogens with one attached hydrogen (secondary N) is 1. The molecular formula is C17H16BrFN2O4S. The van der Waals surface area contributed by atoms with E-state index in [-0.39, 0.29) is 16.5 Å². The molecule has 2 aromatic rings. The van der Waals surface area contributed by atoms with Crippen molar-refractivity contribution in [3.05, 3.63) is 46.7 Å². The zero-order valence-electron chi connectivity index (χ0n) is 13.8. The van der Waals surface area contributed by atoms with Crippen LogP contribution in [0.1, 0.15) is 12.8 Å². The van der Waals surface area contributed by atoms with Crippen molar-refractivity contribution in [2.75, 3.05) is 23.3 Å². The van der Waals surface area contributed by atoms with Gasteiger partial charge >= 0.3 is 0 Å². The molecule has 0 spiro atoms. The van der Waals surface area contributed by atoms with Gasteiger partial charge in [-0.3, -0.25) is 9.52 Å². The number of hydrogen-bond donors (Lipinski definition) is 1. The molecule has 0 atom stereocenters. The van der Waals surface area contributed by atoms with E-state index in [4.69, 9.17) is 4.74 Å². The molecule has 0 aliphatic carbocycles. The minimum Gasteiger partial charge on any atom is -0.495 e. The largest absolute Gasteiger partial charge is 0.495 e. The van der Waals surface area contributed by atoms with Gasteiger partial charge in [0.05, 0.1) is 23.4 Å². The van der Waals surface area contributed by atoms with Gasteiger partial charge in [0.25, 0.3) is 10.0 Å². The lowest BCUT2D eigenvalue weighted by molar-refractivity contribution is -0.117. The Morgan fingerprint density at radius 3 is 2.62 bits per heavy atom. The summed E-state index contributed by atoms with van der Waals surface area (Å²) < 4.78 is 47.2. The van der Waals surface area contributed by atoms with Crippen molar-refractivity contribution < 1.29 is 22.3 Å². The number of anilines is 2. The van der Waals surface area contributed by atoms with Crippen LogP contribution in [-0.4, -0.2) is 28.0 Å². The Bertz CT molecular complexity index is 965. The number of rotatable bonds is 5. The minimum atomic E-state index is -4.04. The molecule has 26 heavy (non-hydrogen) atoms. The standard InChI is InChI=1S/C17H16BrFN2O4S/c1-25-16-7-5-12(10-15(16)21-8-2-3-17(21)22)26(23,24)20-14-6-4-11(18)9-13(14)19/h4-7,9-10,20H,2-3,8H2,1H3. The van der Waals surface area contributed by atoms with E-state index in [1.807, 2.05) is 0 Å². The summed E-state index contributed by atoms with van der Waals surface area (Å²) in [5.74, 6) is -0.398. The highest BCUT2D eigenvalue weighted by Gasteiger charge is 2.27. The summed E-state index contributed by atoms with van der Waals surface area (Å²) in [6, 6.07) is 8.21. The second-order valence-electron chi connectivity index (χ2n) is 5.71. The third kappa shape index (κ3) is 3.68. The average Bonchev–Trinajstić information content (AvgIpc) is 3.02. The molecule has 138 valence electrons. The maximum Gasteiger partial charge on any atom is 0.262 e. The zero-order valence-corrected chi connectivity index (χ0v) is 16.2. The molecule has 0 saturated carbocycles. The van der Waals surface area contributed by atoms with Crippen LogP contribution in [0.15, 0.2) is 45.8 Å². The van der Waals surface area contributed by atoms with Crippen LogP contribution in [0.4, 0.5) is 15.8 Å². The van der Waals surface area contributed by atoms with Crippen LogP contribution < -0.4 is 14.4 Å². The number of benzene rings is 2. The number of amides is 1. The number of carbonyl (C=O) groups excluding carboxylic acids is 1. The Hall–Kier alpha value is -2.13. The molecule has 1 aliphatic rings. The third-order valence-corrected chi connectivity index (χ3v) is 5.86. The number of carbonyl (C=O) groups is 1. The van der Waals surface area contributed by atoms with Crippen LogP contribution in [0.25, 0.3) is 0 Å². The van der Waals surface area contributed by atoms with Crippen LogP contribution in [0.2, 0.25) is 0 Å². The zero-order chi connectivity index (χ0) is 18.9. The van der Waals surface area contributed by atoms with E-state index >= 15 is 0 Å². The van der Waals surface area contributed by atoms with Crippen molar-refractivity contribution in [3.63, 3.8) is 0 Å². The first-order valence-electron chi connectivity index (χ1n) is 7.78. The first-order chi connectivity index (χ1) is 12.3. The summed E-state index contributed by atoms with van der Waals surface area (Å²) in [5, 5.41) is 0. The van der Waals surface area contributed by atoms with Crippen LogP contribution in [0.3, 0.4) is 0 Å². The first-order valence-corrected chi connectivity index (χ1v) is 10.1.